The Bertz CT molecular complexity index is 567. The number of benzene rings is 2. The van der Waals surface area contributed by atoms with Gasteiger partial charge in [-0.2, -0.15) is 0 Å². The van der Waals surface area contributed by atoms with E-state index in [1.165, 1.54) is 0 Å². The average molecular weight is 284 g/mol. The van der Waals surface area contributed by atoms with E-state index in [4.69, 9.17) is 10.5 Å². The fourth-order valence-corrected chi connectivity index (χ4v) is 2.00. The topological polar surface area (TPSA) is 64.3 Å². The Hall–Kier alpha value is -2.33. The van der Waals surface area contributed by atoms with Crippen molar-refractivity contribution >= 4 is 11.6 Å². The van der Waals surface area contributed by atoms with Crippen LogP contribution >= 0.6 is 0 Å². The van der Waals surface area contributed by atoms with Crippen LogP contribution in [0.4, 0.5) is 5.69 Å². The molecule has 0 saturated heterocycles. The molecule has 0 bridgehead atoms. The van der Waals surface area contributed by atoms with Gasteiger partial charge in [0.2, 0.25) is 5.91 Å². The van der Waals surface area contributed by atoms with Crippen LogP contribution in [0.1, 0.15) is 12.5 Å². The zero-order valence-corrected chi connectivity index (χ0v) is 12.1. The Labute approximate surface area is 124 Å². The van der Waals surface area contributed by atoms with Gasteiger partial charge in [-0.05, 0) is 43.2 Å². The van der Waals surface area contributed by atoms with Gasteiger partial charge in [-0.3, -0.25) is 4.79 Å². The molecule has 21 heavy (non-hydrogen) atoms. The van der Waals surface area contributed by atoms with Crippen molar-refractivity contribution in [2.75, 3.05) is 11.9 Å². The Morgan fingerprint density at radius 3 is 2.43 bits per heavy atom. The van der Waals surface area contributed by atoms with Gasteiger partial charge in [-0.1, -0.05) is 30.3 Å². The lowest BCUT2D eigenvalue weighted by molar-refractivity contribution is -0.117. The molecule has 4 nitrogen and oxygen atoms in total. The Morgan fingerprint density at radius 2 is 1.81 bits per heavy atom. The molecule has 2 rings (SSSR count). The highest BCUT2D eigenvalue weighted by molar-refractivity contribution is 5.94. The first kappa shape index (κ1) is 15.1. The van der Waals surface area contributed by atoms with Crippen molar-refractivity contribution in [2.45, 2.75) is 19.4 Å². The molecular weight excluding hydrogens is 264 g/mol. The summed E-state index contributed by atoms with van der Waals surface area (Å²) in [4.78, 5) is 12.1. The summed E-state index contributed by atoms with van der Waals surface area (Å²) in [6.45, 7) is 2.55. The smallest absolute Gasteiger partial charge is 0.241 e. The number of hydrogen-bond acceptors (Lipinski definition) is 3. The van der Waals surface area contributed by atoms with Crippen LogP contribution in [0.25, 0.3) is 0 Å². The normalized spacial score (nSPS) is 11.7. The van der Waals surface area contributed by atoms with E-state index in [1.54, 1.807) is 12.1 Å². The number of rotatable bonds is 6. The molecule has 0 spiro atoms. The molecule has 0 saturated carbocycles. The van der Waals surface area contributed by atoms with Gasteiger partial charge in [0.1, 0.15) is 5.75 Å². The van der Waals surface area contributed by atoms with E-state index < -0.39 is 6.04 Å². The van der Waals surface area contributed by atoms with E-state index in [2.05, 4.69) is 5.32 Å². The van der Waals surface area contributed by atoms with Gasteiger partial charge in [0, 0.05) is 5.69 Å². The number of nitrogens with two attached hydrogens (primary N) is 1. The van der Waals surface area contributed by atoms with Crippen molar-refractivity contribution in [3.8, 4) is 5.75 Å². The molecule has 1 atom stereocenters. The summed E-state index contributed by atoms with van der Waals surface area (Å²) in [5.74, 6) is 0.590. The largest absolute Gasteiger partial charge is 0.494 e. The Balaban J connectivity index is 1.91. The van der Waals surface area contributed by atoms with Crippen LogP contribution in [-0.2, 0) is 11.2 Å². The molecule has 0 radical (unpaired) electrons. The molecule has 0 aliphatic carbocycles. The fourth-order valence-electron chi connectivity index (χ4n) is 2.00. The second-order valence-electron chi connectivity index (χ2n) is 4.74. The number of nitrogens with one attached hydrogen (secondary N) is 1. The van der Waals surface area contributed by atoms with Crippen LogP contribution in [0.15, 0.2) is 54.6 Å². The van der Waals surface area contributed by atoms with E-state index in [1.807, 2.05) is 49.4 Å². The van der Waals surface area contributed by atoms with Crippen molar-refractivity contribution in [2.24, 2.45) is 5.73 Å². The molecule has 1 amide bonds. The number of carbonyl (C=O) groups is 1. The van der Waals surface area contributed by atoms with Crippen molar-refractivity contribution < 1.29 is 9.53 Å². The molecule has 0 aliphatic heterocycles. The highest BCUT2D eigenvalue weighted by Crippen LogP contribution is 2.16. The maximum Gasteiger partial charge on any atom is 0.241 e. The van der Waals surface area contributed by atoms with Gasteiger partial charge < -0.3 is 15.8 Å². The van der Waals surface area contributed by atoms with Gasteiger partial charge in [-0.25, -0.2) is 0 Å². The minimum absolute atomic E-state index is 0.192. The lowest BCUT2D eigenvalue weighted by Crippen LogP contribution is -2.37. The zero-order chi connectivity index (χ0) is 15.1. The molecule has 110 valence electrons. The predicted octanol–water partition coefficient (Wildman–Crippen LogP) is 2.59. The minimum atomic E-state index is -0.570. The van der Waals surface area contributed by atoms with E-state index in [0.29, 0.717) is 18.7 Å². The van der Waals surface area contributed by atoms with E-state index in [0.717, 1.165) is 11.3 Å². The van der Waals surface area contributed by atoms with Crippen LogP contribution in [-0.4, -0.2) is 18.6 Å². The highest BCUT2D eigenvalue weighted by Gasteiger charge is 2.14. The average Bonchev–Trinajstić information content (AvgIpc) is 2.50. The first-order valence-electron chi connectivity index (χ1n) is 7.02. The van der Waals surface area contributed by atoms with Gasteiger partial charge in [-0.15, -0.1) is 0 Å². The summed E-state index contributed by atoms with van der Waals surface area (Å²) in [6.07, 6.45) is 0.518. The Kier molecular flexibility index (Phi) is 5.35. The maximum atomic E-state index is 12.1. The number of carbonyl (C=O) groups excluding carboxylic acids is 1. The van der Waals surface area contributed by atoms with Crippen molar-refractivity contribution in [1.29, 1.82) is 0 Å². The van der Waals surface area contributed by atoms with Gasteiger partial charge in [0.15, 0.2) is 0 Å². The third-order valence-electron chi connectivity index (χ3n) is 3.07. The van der Waals surface area contributed by atoms with Gasteiger partial charge in [0.25, 0.3) is 0 Å². The lowest BCUT2D eigenvalue weighted by Gasteiger charge is -2.12. The molecule has 0 fully saturated rings. The number of amides is 1. The first-order chi connectivity index (χ1) is 10.2. The maximum absolute atomic E-state index is 12.1. The first-order valence-corrected chi connectivity index (χ1v) is 7.02. The third-order valence-corrected chi connectivity index (χ3v) is 3.07. The standard InChI is InChI=1S/C17H20N2O2/c1-2-21-15-10-8-14(9-11-15)19-17(20)16(18)12-13-6-4-3-5-7-13/h3-11,16H,2,12,18H2,1H3,(H,19,20)/t16-/m0/s1. The van der Waals surface area contributed by atoms with E-state index in [9.17, 15) is 4.79 Å². The van der Waals surface area contributed by atoms with Gasteiger partial charge in [0.05, 0.1) is 12.6 Å². The predicted molar refractivity (Wildman–Crippen MR) is 84.4 cm³/mol. The molecule has 0 aromatic heterocycles. The van der Waals surface area contributed by atoms with Crippen LogP contribution in [0.3, 0.4) is 0 Å². The summed E-state index contributed by atoms with van der Waals surface area (Å²) < 4.78 is 5.35. The van der Waals surface area contributed by atoms with Crippen molar-refractivity contribution in [3.63, 3.8) is 0 Å². The third kappa shape index (κ3) is 4.61. The van der Waals surface area contributed by atoms with Gasteiger partial charge >= 0.3 is 0 Å². The second kappa shape index (κ2) is 7.45. The highest BCUT2D eigenvalue weighted by atomic mass is 16.5. The quantitative estimate of drug-likeness (QED) is 0.857. The van der Waals surface area contributed by atoms with Crippen molar-refractivity contribution in [1.82, 2.24) is 0 Å². The number of hydrogen-bond donors (Lipinski definition) is 2. The Morgan fingerprint density at radius 1 is 1.14 bits per heavy atom. The molecular formula is C17H20N2O2. The van der Waals surface area contributed by atoms with Crippen LogP contribution in [0.2, 0.25) is 0 Å². The monoisotopic (exact) mass is 284 g/mol. The molecule has 4 heteroatoms. The van der Waals surface area contributed by atoms with Crippen LogP contribution in [0, 0.1) is 0 Å². The molecule has 0 aliphatic rings. The molecule has 2 aromatic carbocycles. The lowest BCUT2D eigenvalue weighted by atomic mass is 10.1. The SMILES string of the molecule is CCOc1ccc(NC(=O)[C@@H](N)Cc2ccccc2)cc1. The number of anilines is 1. The molecule has 0 heterocycles. The summed E-state index contributed by atoms with van der Waals surface area (Å²) in [6, 6.07) is 16.4. The summed E-state index contributed by atoms with van der Waals surface area (Å²) in [5, 5.41) is 2.81. The van der Waals surface area contributed by atoms with Crippen molar-refractivity contribution in [3.05, 3.63) is 60.2 Å². The minimum Gasteiger partial charge on any atom is -0.494 e. The van der Waals surface area contributed by atoms with E-state index in [-0.39, 0.29) is 5.91 Å². The fraction of sp³-hybridized carbons (Fsp3) is 0.235. The summed E-state index contributed by atoms with van der Waals surface area (Å²) in [7, 11) is 0. The summed E-state index contributed by atoms with van der Waals surface area (Å²) >= 11 is 0. The van der Waals surface area contributed by atoms with E-state index >= 15 is 0 Å². The second-order valence-corrected chi connectivity index (χ2v) is 4.74. The summed E-state index contributed by atoms with van der Waals surface area (Å²) in [5.41, 5.74) is 7.70. The van der Waals surface area contributed by atoms with Crippen LogP contribution < -0.4 is 15.8 Å². The van der Waals surface area contributed by atoms with Crippen LogP contribution in [0.5, 0.6) is 5.75 Å². The number of ether oxygens (including phenoxy) is 1. The zero-order valence-electron chi connectivity index (χ0n) is 12.1. The molecule has 3 N–H and O–H groups in total. The molecule has 2 aromatic rings. The molecule has 0 unspecified atom stereocenters.